The highest BCUT2D eigenvalue weighted by Crippen LogP contribution is 2.39. The Morgan fingerprint density at radius 1 is 1.03 bits per heavy atom. The third-order valence-electron chi connectivity index (χ3n) is 5.79. The van der Waals surface area contributed by atoms with Crippen molar-refractivity contribution in [2.24, 2.45) is 0 Å². The largest absolute Gasteiger partial charge is 0.378 e. The van der Waals surface area contributed by atoms with Gasteiger partial charge < -0.3 is 15.0 Å². The molecule has 1 aliphatic heterocycles. The number of aryl methyl sites for hydroxylation is 3. The first-order valence-corrected chi connectivity index (χ1v) is 11.0. The van der Waals surface area contributed by atoms with E-state index in [2.05, 4.69) is 59.6 Å². The van der Waals surface area contributed by atoms with Crippen LogP contribution in [0.2, 0.25) is 0 Å². The Bertz CT molecular complexity index is 1070. The number of thiophene rings is 1. The molecule has 2 heterocycles. The molecule has 0 spiro atoms. The van der Waals surface area contributed by atoms with Gasteiger partial charge in [-0.2, -0.15) is 0 Å². The van der Waals surface area contributed by atoms with Crippen molar-refractivity contribution in [1.29, 1.82) is 0 Å². The monoisotopic (exact) mass is 404 g/mol. The Balaban J connectivity index is 1.36. The number of carbonyl (C=O) groups excluding carboxylic acids is 1. The Hall–Kier alpha value is -2.63. The molecule has 0 atom stereocenters. The van der Waals surface area contributed by atoms with Gasteiger partial charge in [0.15, 0.2) is 0 Å². The number of ether oxygens (including phenoxy) is 1. The molecule has 2 aliphatic rings. The van der Waals surface area contributed by atoms with Gasteiger partial charge in [-0.05, 0) is 66.3 Å². The maximum absolute atomic E-state index is 13.0. The molecule has 1 amide bonds. The Morgan fingerprint density at radius 3 is 2.66 bits per heavy atom. The smallest absolute Gasteiger partial charge is 0.265 e. The molecule has 5 heteroatoms. The fourth-order valence-electron chi connectivity index (χ4n) is 4.17. The van der Waals surface area contributed by atoms with Crippen LogP contribution in [-0.2, 0) is 17.6 Å². The average molecular weight is 405 g/mol. The van der Waals surface area contributed by atoms with Crippen LogP contribution in [0.1, 0.15) is 26.4 Å². The molecule has 2 aromatic carbocycles. The van der Waals surface area contributed by atoms with Crippen molar-refractivity contribution >= 4 is 28.6 Å². The van der Waals surface area contributed by atoms with Gasteiger partial charge in [0, 0.05) is 29.3 Å². The van der Waals surface area contributed by atoms with Crippen molar-refractivity contribution in [3.63, 3.8) is 0 Å². The van der Waals surface area contributed by atoms with Crippen molar-refractivity contribution in [3.05, 3.63) is 70.1 Å². The van der Waals surface area contributed by atoms with E-state index in [4.69, 9.17) is 4.74 Å². The summed E-state index contributed by atoms with van der Waals surface area (Å²) in [6.07, 6.45) is 2.05. The van der Waals surface area contributed by atoms with E-state index in [9.17, 15) is 4.79 Å². The molecular formula is C24H24N2O2S. The maximum Gasteiger partial charge on any atom is 0.265 e. The highest BCUT2D eigenvalue weighted by atomic mass is 32.1. The normalized spacial score (nSPS) is 15.6. The lowest BCUT2D eigenvalue weighted by atomic mass is 9.91. The SMILES string of the molecule is Cc1cc(N2CCOCC2)ccc1NC(=O)c1cc2c(s1)-c1ccccc1CC2. The van der Waals surface area contributed by atoms with Gasteiger partial charge in [-0.25, -0.2) is 0 Å². The summed E-state index contributed by atoms with van der Waals surface area (Å²) in [4.78, 5) is 17.3. The molecule has 1 saturated heterocycles. The van der Waals surface area contributed by atoms with Crippen LogP contribution in [-0.4, -0.2) is 32.2 Å². The molecule has 29 heavy (non-hydrogen) atoms. The molecule has 1 aliphatic carbocycles. The predicted molar refractivity (Wildman–Crippen MR) is 119 cm³/mol. The van der Waals surface area contributed by atoms with E-state index in [-0.39, 0.29) is 5.91 Å². The molecule has 0 saturated carbocycles. The molecule has 0 radical (unpaired) electrons. The van der Waals surface area contributed by atoms with Gasteiger partial charge in [-0.1, -0.05) is 24.3 Å². The van der Waals surface area contributed by atoms with Gasteiger partial charge in [0.05, 0.1) is 18.1 Å². The van der Waals surface area contributed by atoms with Gasteiger partial charge in [0.25, 0.3) is 5.91 Å². The molecule has 3 aromatic rings. The minimum atomic E-state index is -0.0240. The maximum atomic E-state index is 13.0. The molecule has 1 aromatic heterocycles. The van der Waals surface area contributed by atoms with E-state index in [1.807, 2.05) is 6.07 Å². The number of carbonyl (C=O) groups is 1. The number of hydrogen-bond acceptors (Lipinski definition) is 4. The lowest BCUT2D eigenvalue weighted by Gasteiger charge is -2.29. The number of anilines is 2. The van der Waals surface area contributed by atoms with Crippen molar-refractivity contribution in [2.75, 3.05) is 36.5 Å². The van der Waals surface area contributed by atoms with E-state index in [1.54, 1.807) is 11.3 Å². The Labute approximate surface area is 175 Å². The van der Waals surface area contributed by atoms with Gasteiger partial charge in [0.1, 0.15) is 0 Å². The summed E-state index contributed by atoms with van der Waals surface area (Å²) >= 11 is 1.60. The Kier molecular flexibility index (Phi) is 4.86. The van der Waals surface area contributed by atoms with Gasteiger partial charge in [0.2, 0.25) is 0 Å². The van der Waals surface area contributed by atoms with E-state index in [0.717, 1.165) is 55.3 Å². The summed E-state index contributed by atoms with van der Waals surface area (Å²) in [6.45, 7) is 5.41. The summed E-state index contributed by atoms with van der Waals surface area (Å²) in [5.74, 6) is -0.0240. The molecule has 5 rings (SSSR count). The zero-order valence-electron chi connectivity index (χ0n) is 16.5. The zero-order chi connectivity index (χ0) is 19.8. The van der Waals surface area contributed by atoms with E-state index in [0.29, 0.717) is 0 Å². The van der Waals surface area contributed by atoms with Crippen LogP contribution in [0, 0.1) is 6.92 Å². The lowest BCUT2D eigenvalue weighted by Crippen LogP contribution is -2.36. The van der Waals surface area contributed by atoms with Gasteiger partial charge >= 0.3 is 0 Å². The quantitative estimate of drug-likeness (QED) is 0.674. The van der Waals surface area contributed by atoms with Crippen LogP contribution >= 0.6 is 11.3 Å². The predicted octanol–water partition coefficient (Wildman–Crippen LogP) is 4.91. The van der Waals surface area contributed by atoms with Crippen molar-refractivity contribution in [1.82, 2.24) is 0 Å². The van der Waals surface area contributed by atoms with Crippen LogP contribution in [0.5, 0.6) is 0 Å². The number of nitrogens with zero attached hydrogens (tertiary/aromatic N) is 1. The number of benzene rings is 2. The topological polar surface area (TPSA) is 41.6 Å². The van der Waals surface area contributed by atoms with Crippen LogP contribution in [0.4, 0.5) is 11.4 Å². The summed E-state index contributed by atoms with van der Waals surface area (Å²) in [5, 5.41) is 3.12. The third-order valence-corrected chi connectivity index (χ3v) is 7.00. The first-order valence-electron chi connectivity index (χ1n) is 10.1. The lowest BCUT2D eigenvalue weighted by molar-refractivity contribution is 0.103. The second-order valence-corrected chi connectivity index (χ2v) is 8.73. The number of fused-ring (bicyclic) bond motifs is 3. The molecule has 4 nitrogen and oxygen atoms in total. The molecule has 0 bridgehead atoms. The van der Waals surface area contributed by atoms with Gasteiger partial charge in [-0.15, -0.1) is 11.3 Å². The molecule has 0 unspecified atom stereocenters. The third kappa shape index (κ3) is 3.56. The fourth-order valence-corrected chi connectivity index (χ4v) is 5.34. The molecule has 148 valence electrons. The molecule has 1 fully saturated rings. The highest BCUT2D eigenvalue weighted by Gasteiger charge is 2.22. The van der Waals surface area contributed by atoms with E-state index >= 15 is 0 Å². The van der Waals surface area contributed by atoms with Crippen LogP contribution in [0.15, 0.2) is 48.5 Å². The number of nitrogens with one attached hydrogen (secondary N) is 1. The van der Waals surface area contributed by atoms with Crippen molar-refractivity contribution < 1.29 is 9.53 Å². The fraction of sp³-hybridized carbons (Fsp3) is 0.292. The zero-order valence-corrected chi connectivity index (χ0v) is 17.3. The second-order valence-electron chi connectivity index (χ2n) is 7.67. The number of amides is 1. The van der Waals surface area contributed by atoms with Gasteiger partial charge in [-0.3, -0.25) is 4.79 Å². The molecule has 1 N–H and O–H groups in total. The second kappa shape index (κ2) is 7.65. The minimum Gasteiger partial charge on any atom is -0.378 e. The minimum absolute atomic E-state index is 0.0240. The van der Waals surface area contributed by atoms with Crippen LogP contribution < -0.4 is 10.2 Å². The summed E-state index contributed by atoms with van der Waals surface area (Å²) in [5.41, 5.74) is 7.09. The summed E-state index contributed by atoms with van der Waals surface area (Å²) in [7, 11) is 0. The number of hydrogen-bond donors (Lipinski definition) is 1. The average Bonchev–Trinajstić information content (AvgIpc) is 3.21. The van der Waals surface area contributed by atoms with E-state index in [1.165, 1.54) is 27.3 Å². The van der Waals surface area contributed by atoms with Crippen LogP contribution in [0.3, 0.4) is 0 Å². The number of rotatable bonds is 3. The first kappa shape index (κ1) is 18.4. The highest BCUT2D eigenvalue weighted by molar-refractivity contribution is 7.17. The van der Waals surface area contributed by atoms with Crippen molar-refractivity contribution in [3.8, 4) is 10.4 Å². The molecular weight excluding hydrogens is 380 g/mol. The standard InChI is InChI=1S/C24H24N2O2S/c1-16-14-19(26-10-12-28-13-11-26)8-9-21(16)25-24(27)22-15-18-7-6-17-4-2-3-5-20(17)23(18)29-22/h2-5,8-9,14-15H,6-7,10-13H2,1H3,(H,25,27). The summed E-state index contributed by atoms with van der Waals surface area (Å²) in [6, 6.07) is 16.8. The van der Waals surface area contributed by atoms with Crippen molar-refractivity contribution in [2.45, 2.75) is 19.8 Å². The van der Waals surface area contributed by atoms with E-state index < -0.39 is 0 Å². The van der Waals surface area contributed by atoms with Crippen LogP contribution in [0.25, 0.3) is 10.4 Å². The number of morpholine rings is 1. The Morgan fingerprint density at radius 2 is 1.83 bits per heavy atom. The summed E-state index contributed by atoms with van der Waals surface area (Å²) < 4.78 is 5.44. The first-order chi connectivity index (χ1) is 14.2.